The minimum Gasteiger partial charge on any atom is -0.399 e. The first kappa shape index (κ1) is 11.8. The molecular formula is C14H16N4O. The molecule has 0 spiro atoms. The standard InChI is InChI=1S/C14H16N4O/c1-17-8-6-12(16-17)14(19)18-7-2-3-10-9-11(15)4-5-13(10)18/h4-6,8-9H,2-3,7,15H2,1H3. The van der Waals surface area contributed by atoms with Crippen molar-refractivity contribution < 1.29 is 4.79 Å². The third-order valence-corrected chi connectivity index (χ3v) is 3.40. The van der Waals surface area contributed by atoms with Crippen LogP contribution in [0.2, 0.25) is 0 Å². The molecule has 5 nitrogen and oxygen atoms in total. The van der Waals surface area contributed by atoms with Crippen LogP contribution in [-0.2, 0) is 13.5 Å². The minimum absolute atomic E-state index is 0.0497. The third-order valence-electron chi connectivity index (χ3n) is 3.40. The Morgan fingerprint density at radius 3 is 2.95 bits per heavy atom. The van der Waals surface area contributed by atoms with Gasteiger partial charge in [0.05, 0.1) is 0 Å². The second-order valence-electron chi connectivity index (χ2n) is 4.82. The molecule has 0 radical (unpaired) electrons. The fourth-order valence-corrected chi connectivity index (χ4v) is 2.50. The molecule has 1 amide bonds. The highest BCUT2D eigenvalue weighted by Gasteiger charge is 2.24. The lowest BCUT2D eigenvalue weighted by molar-refractivity contribution is 0.0979. The number of nitrogen functional groups attached to an aromatic ring is 1. The van der Waals surface area contributed by atoms with Crippen molar-refractivity contribution in [2.45, 2.75) is 12.8 Å². The Balaban J connectivity index is 1.97. The number of nitrogens with zero attached hydrogens (tertiary/aromatic N) is 3. The highest BCUT2D eigenvalue weighted by atomic mass is 16.2. The Labute approximate surface area is 111 Å². The van der Waals surface area contributed by atoms with Crippen molar-refractivity contribution in [3.63, 3.8) is 0 Å². The quantitative estimate of drug-likeness (QED) is 0.788. The number of carbonyl (C=O) groups excluding carboxylic acids is 1. The van der Waals surface area contributed by atoms with Gasteiger partial charge in [-0.1, -0.05) is 0 Å². The van der Waals surface area contributed by atoms with Gasteiger partial charge in [0.25, 0.3) is 5.91 Å². The van der Waals surface area contributed by atoms with Crippen LogP contribution in [0.3, 0.4) is 0 Å². The number of aromatic nitrogens is 2. The van der Waals surface area contributed by atoms with Gasteiger partial charge in [-0.2, -0.15) is 5.10 Å². The van der Waals surface area contributed by atoms with Crippen LogP contribution in [0, 0.1) is 0 Å². The van der Waals surface area contributed by atoms with Crippen molar-refractivity contribution in [1.82, 2.24) is 9.78 Å². The third kappa shape index (κ3) is 2.07. The molecule has 0 saturated heterocycles. The number of carbonyl (C=O) groups is 1. The van der Waals surface area contributed by atoms with E-state index in [0.29, 0.717) is 5.69 Å². The highest BCUT2D eigenvalue weighted by molar-refractivity contribution is 6.05. The van der Waals surface area contributed by atoms with Gasteiger partial charge >= 0.3 is 0 Å². The normalized spacial score (nSPS) is 14.3. The lowest BCUT2D eigenvalue weighted by Gasteiger charge is -2.29. The van der Waals surface area contributed by atoms with Gasteiger partial charge in [-0.25, -0.2) is 0 Å². The van der Waals surface area contributed by atoms with E-state index in [1.165, 1.54) is 0 Å². The average Bonchev–Trinajstić information content (AvgIpc) is 2.83. The van der Waals surface area contributed by atoms with Crippen LogP contribution in [0.15, 0.2) is 30.5 Å². The molecule has 2 aromatic rings. The summed E-state index contributed by atoms with van der Waals surface area (Å²) in [6, 6.07) is 7.45. The monoisotopic (exact) mass is 256 g/mol. The minimum atomic E-state index is -0.0497. The Hall–Kier alpha value is -2.30. The van der Waals surface area contributed by atoms with E-state index in [1.54, 1.807) is 21.8 Å². The Kier molecular flexibility index (Phi) is 2.74. The van der Waals surface area contributed by atoms with Gasteiger partial charge in [0.2, 0.25) is 0 Å². The van der Waals surface area contributed by atoms with Crippen molar-refractivity contribution >= 4 is 17.3 Å². The van der Waals surface area contributed by atoms with E-state index in [4.69, 9.17) is 5.73 Å². The molecule has 5 heteroatoms. The maximum Gasteiger partial charge on any atom is 0.278 e. The van der Waals surface area contributed by atoms with Crippen LogP contribution in [0.1, 0.15) is 22.5 Å². The van der Waals surface area contributed by atoms with Gasteiger partial charge in [0.1, 0.15) is 0 Å². The predicted molar refractivity (Wildman–Crippen MR) is 74.1 cm³/mol. The first-order valence-electron chi connectivity index (χ1n) is 6.35. The van der Waals surface area contributed by atoms with E-state index >= 15 is 0 Å². The van der Waals surface area contributed by atoms with E-state index < -0.39 is 0 Å². The van der Waals surface area contributed by atoms with E-state index in [9.17, 15) is 4.79 Å². The van der Waals surface area contributed by atoms with Gasteiger partial charge in [0, 0.05) is 31.2 Å². The van der Waals surface area contributed by atoms with E-state index in [0.717, 1.165) is 36.3 Å². The molecular weight excluding hydrogens is 240 g/mol. The van der Waals surface area contributed by atoms with Crippen LogP contribution in [0.4, 0.5) is 11.4 Å². The van der Waals surface area contributed by atoms with Gasteiger partial charge in [0.15, 0.2) is 5.69 Å². The molecule has 1 aliphatic heterocycles. The number of nitrogens with two attached hydrogens (primary N) is 1. The van der Waals surface area contributed by atoms with Crippen LogP contribution in [0.25, 0.3) is 0 Å². The van der Waals surface area contributed by atoms with E-state index in [-0.39, 0.29) is 5.91 Å². The summed E-state index contributed by atoms with van der Waals surface area (Å²) in [5.74, 6) is -0.0497. The zero-order valence-corrected chi connectivity index (χ0v) is 10.8. The second-order valence-corrected chi connectivity index (χ2v) is 4.82. The van der Waals surface area contributed by atoms with Gasteiger partial charge in [-0.05, 0) is 42.7 Å². The molecule has 0 aliphatic carbocycles. The summed E-state index contributed by atoms with van der Waals surface area (Å²) in [5.41, 5.74) is 9.11. The Bertz CT molecular complexity index is 632. The molecule has 0 bridgehead atoms. The molecule has 3 rings (SSSR count). The lowest BCUT2D eigenvalue weighted by atomic mass is 10.0. The summed E-state index contributed by atoms with van der Waals surface area (Å²) in [6.45, 7) is 0.728. The zero-order valence-electron chi connectivity index (χ0n) is 10.8. The van der Waals surface area contributed by atoms with Crippen LogP contribution in [0.5, 0.6) is 0 Å². The molecule has 98 valence electrons. The van der Waals surface area contributed by atoms with Crippen molar-refractivity contribution in [3.8, 4) is 0 Å². The second kappa shape index (κ2) is 4.42. The van der Waals surface area contributed by atoms with Crippen molar-refractivity contribution in [2.24, 2.45) is 7.05 Å². The molecule has 0 saturated carbocycles. The molecule has 19 heavy (non-hydrogen) atoms. The van der Waals surface area contributed by atoms with Gasteiger partial charge < -0.3 is 10.6 Å². The highest BCUT2D eigenvalue weighted by Crippen LogP contribution is 2.29. The van der Waals surface area contributed by atoms with E-state index in [2.05, 4.69) is 5.10 Å². The zero-order chi connectivity index (χ0) is 13.4. The summed E-state index contributed by atoms with van der Waals surface area (Å²) in [5, 5.41) is 4.18. The summed E-state index contributed by atoms with van der Waals surface area (Å²) in [4.78, 5) is 14.3. The predicted octanol–water partition coefficient (Wildman–Crippen LogP) is 1.60. The Morgan fingerprint density at radius 2 is 2.21 bits per heavy atom. The lowest BCUT2D eigenvalue weighted by Crippen LogP contribution is -2.35. The summed E-state index contributed by atoms with van der Waals surface area (Å²) in [6.07, 6.45) is 3.70. The summed E-state index contributed by atoms with van der Waals surface area (Å²) < 4.78 is 1.64. The summed E-state index contributed by atoms with van der Waals surface area (Å²) in [7, 11) is 1.81. The average molecular weight is 256 g/mol. The van der Waals surface area contributed by atoms with Gasteiger partial charge in [-0.15, -0.1) is 0 Å². The number of rotatable bonds is 1. The van der Waals surface area contributed by atoms with Crippen molar-refractivity contribution in [2.75, 3.05) is 17.2 Å². The van der Waals surface area contributed by atoms with Gasteiger partial charge in [-0.3, -0.25) is 9.48 Å². The number of aryl methyl sites for hydroxylation is 2. The molecule has 2 heterocycles. The number of benzene rings is 1. The maximum atomic E-state index is 12.5. The molecule has 1 aromatic heterocycles. The number of hydrogen-bond acceptors (Lipinski definition) is 3. The molecule has 2 N–H and O–H groups in total. The summed E-state index contributed by atoms with van der Waals surface area (Å²) >= 11 is 0. The van der Waals surface area contributed by atoms with Crippen molar-refractivity contribution in [3.05, 3.63) is 41.7 Å². The SMILES string of the molecule is Cn1ccc(C(=O)N2CCCc3cc(N)ccc32)n1. The molecule has 1 aromatic carbocycles. The molecule has 0 atom stereocenters. The van der Waals surface area contributed by atoms with Crippen molar-refractivity contribution in [1.29, 1.82) is 0 Å². The first-order chi connectivity index (χ1) is 9.15. The van der Waals surface area contributed by atoms with Crippen LogP contribution < -0.4 is 10.6 Å². The number of anilines is 2. The fraction of sp³-hybridized carbons (Fsp3) is 0.286. The molecule has 0 unspecified atom stereocenters. The molecule has 1 aliphatic rings. The number of hydrogen-bond donors (Lipinski definition) is 1. The first-order valence-corrected chi connectivity index (χ1v) is 6.35. The van der Waals surface area contributed by atoms with E-state index in [1.807, 2.05) is 25.2 Å². The van der Waals surface area contributed by atoms with Crippen LogP contribution in [-0.4, -0.2) is 22.2 Å². The smallest absolute Gasteiger partial charge is 0.278 e. The number of amides is 1. The largest absolute Gasteiger partial charge is 0.399 e. The van der Waals surface area contributed by atoms with Crippen LogP contribution >= 0.6 is 0 Å². The topological polar surface area (TPSA) is 64.2 Å². The maximum absolute atomic E-state index is 12.5. The fourth-order valence-electron chi connectivity index (χ4n) is 2.50. The Morgan fingerprint density at radius 1 is 1.37 bits per heavy atom. The number of fused-ring (bicyclic) bond motifs is 1. The molecule has 0 fully saturated rings.